The lowest BCUT2D eigenvalue weighted by atomic mass is 10.1. The number of aryl methyl sites for hydroxylation is 1. The molecule has 4 rings (SSSR count). The number of hydrogen-bond acceptors (Lipinski definition) is 5. The summed E-state index contributed by atoms with van der Waals surface area (Å²) < 4.78 is 2.48. The van der Waals surface area contributed by atoms with Crippen molar-refractivity contribution in [3.05, 3.63) is 76.4 Å². The Morgan fingerprint density at radius 3 is 2.72 bits per heavy atom. The van der Waals surface area contributed by atoms with Gasteiger partial charge in [0.15, 0.2) is 5.65 Å². The largest absolute Gasteiger partial charge is 0.507 e. The zero-order chi connectivity index (χ0) is 22.7. The topological polar surface area (TPSA) is 82.8 Å². The fourth-order valence-electron chi connectivity index (χ4n) is 3.54. The monoisotopic (exact) mass is 493 g/mol. The number of phenols is 1. The summed E-state index contributed by atoms with van der Waals surface area (Å²) in [5, 5.41) is 18.0. The van der Waals surface area contributed by atoms with Crippen LogP contribution >= 0.6 is 15.9 Å². The molecule has 0 spiro atoms. The number of aromatic nitrogens is 3. The minimum Gasteiger partial charge on any atom is -0.507 e. The molecule has 1 amide bonds. The molecule has 4 aromatic rings. The molecule has 0 aliphatic carbocycles. The quantitative estimate of drug-likeness (QED) is 0.363. The molecule has 8 heteroatoms. The Kier molecular flexibility index (Phi) is 6.41. The number of nitrogens with one attached hydrogen (secondary N) is 1. The number of amides is 1. The van der Waals surface area contributed by atoms with Crippen molar-refractivity contribution in [2.45, 2.75) is 13.3 Å². The Bertz CT molecular complexity index is 1270. The first kappa shape index (κ1) is 21.8. The molecular formula is C24H24BrN5O2. The van der Waals surface area contributed by atoms with Crippen LogP contribution in [0.4, 0.5) is 5.82 Å². The van der Waals surface area contributed by atoms with Crippen LogP contribution in [0.5, 0.6) is 5.75 Å². The van der Waals surface area contributed by atoms with E-state index in [1.807, 2.05) is 56.4 Å². The number of halogens is 1. The summed E-state index contributed by atoms with van der Waals surface area (Å²) in [4.78, 5) is 19.1. The molecule has 0 radical (unpaired) electrons. The van der Waals surface area contributed by atoms with Gasteiger partial charge in [-0.25, -0.2) is 4.98 Å². The number of benzene rings is 2. The van der Waals surface area contributed by atoms with Crippen molar-refractivity contribution in [1.29, 1.82) is 0 Å². The fraction of sp³-hybridized carbons (Fsp3) is 0.208. The van der Waals surface area contributed by atoms with Crippen LogP contribution in [0, 0.1) is 6.92 Å². The Labute approximate surface area is 194 Å². The average molecular weight is 494 g/mol. The van der Waals surface area contributed by atoms with Gasteiger partial charge < -0.3 is 15.3 Å². The molecule has 0 saturated heterocycles. The van der Waals surface area contributed by atoms with Crippen LogP contribution in [0.15, 0.2) is 65.3 Å². The second-order valence-electron chi connectivity index (χ2n) is 7.59. The fourth-order valence-corrected chi connectivity index (χ4v) is 3.89. The molecule has 0 aliphatic rings. The molecule has 32 heavy (non-hydrogen) atoms. The van der Waals surface area contributed by atoms with E-state index in [9.17, 15) is 9.90 Å². The normalized spacial score (nSPS) is 11.0. The average Bonchev–Trinajstić information content (AvgIpc) is 3.17. The van der Waals surface area contributed by atoms with Gasteiger partial charge in [-0.05, 0) is 53.0 Å². The zero-order valence-electron chi connectivity index (χ0n) is 17.9. The maximum atomic E-state index is 12.7. The van der Waals surface area contributed by atoms with Crippen LogP contribution in [0.1, 0.15) is 22.3 Å². The van der Waals surface area contributed by atoms with Gasteiger partial charge in [0.2, 0.25) is 0 Å². The Hall–Kier alpha value is -3.39. The molecule has 0 unspecified atom stereocenters. The highest BCUT2D eigenvalue weighted by molar-refractivity contribution is 9.10. The maximum absolute atomic E-state index is 12.7. The van der Waals surface area contributed by atoms with Crippen LogP contribution in [0.2, 0.25) is 0 Å². The Morgan fingerprint density at radius 1 is 1.19 bits per heavy atom. The molecule has 0 saturated carbocycles. The highest BCUT2D eigenvalue weighted by Crippen LogP contribution is 2.31. The van der Waals surface area contributed by atoms with E-state index in [1.54, 1.807) is 27.7 Å². The summed E-state index contributed by atoms with van der Waals surface area (Å²) in [7, 11) is 1.82. The van der Waals surface area contributed by atoms with Gasteiger partial charge >= 0.3 is 0 Å². The van der Waals surface area contributed by atoms with E-state index in [2.05, 4.69) is 31.3 Å². The van der Waals surface area contributed by atoms with Gasteiger partial charge in [-0.2, -0.15) is 9.61 Å². The van der Waals surface area contributed by atoms with E-state index in [-0.39, 0.29) is 11.7 Å². The number of fused-ring (bicyclic) bond motifs is 1. The van der Waals surface area contributed by atoms with Gasteiger partial charge in [0.25, 0.3) is 5.91 Å². The predicted octanol–water partition coefficient (Wildman–Crippen LogP) is 4.75. The van der Waals surface area contributed by atoms with Crippen LogP contribution in [-0.4, -0.2) is 50.6 Å². The first-order valence-electron chi connectivity index (χ1n) is 10.3. The number of carbonyl (C=O) groups excluding carboxylic acids is 1. The van der Waals surface area contributed by atoms with Crippen molar-refractivity contribution in [1.82, 2.24) is 19.5 Å². The number of hydrogen-bond donors (Lipinski definition) is 2. The van der Waals surface area contributed by atoms with Crippen molar-refractivity contribution in [3.8, 4) is 17.0 Å². The second kappa shape index (κ2) is 9.40. The molecule has 164 valence electrons. The summed E-state index contributed by atoms with van der Waals surface area (Å²) in [6.45, 7) is 3.20. The molecule has 2 heterocycles. The molecule has 0 atom stereocenters. The number of aromatic hydroxyl groups is 1. The maximum Gasteiger partial charge on any atom is 0.253 e. The lowest BCUT2D eigenvalue weighted by Gasteiger charge is -2.19. The Morgan fingerprint density at radius 2 is 1.94 bits per heavy atom. The number of nitrogens with zero attached hydrogens (tertiary/aromatic N) is 4. The van der Waals surface area contributed by atoms with Crippen molar-refractivity contribution < 1.29 is 9.90 Å². The lowest BCUT2D eigenvalue weighted by Crippen LogP contribution is -2.29. The SMILES string of the molecule is Cc1ccccc1C(=O)N(C)CCCNc1cc(-c2ccccc2O)nc2c(Br)cnn12. The first-order chi connectivity index (χ1) is 15.5. The molecule has 2 aromatic heterocycles. The van der Waals surface area contributed by atoms with E-state index in [0.717, 1.165) is 27.8 Å². The third-order valence-electron chi connectivity index (χ3n) is 5.31. The summed E-state index contributed by atoms with van der Waals surface area (Å²) in [6.07, 6.45) is 2.45. The van der Waals surface area contributed by atoms with Crippen LogP contribution in [0.25, 0.3) is 16.9 Å². The third kappa shape index (κ3) is 4.45. The van der Waals surface area contributed by atoms with Gasteiger partial charge in [0.05, 0.1) is 16.4 Å². The van der Waals surface area contributed by atoms with E-state index >= 15 is 0 Å². The van der Waals surface area contributed by atoms with Gasteiger partial charge in [0, 0.05) is 37.3 Å². The zero-order valence-corrected chi connectivity index (χ0v) is 19.5. The lowest BCUT2D eigenvalue weighted by molar-refractivity contribution is 0.0794. The summed E-state index contributed by atoms with van der Waals surface area (Å²) >= 11 is 3.49. The molecule has 0 bridgehead atoms. The van der Waals surface area contributed by atoms with Crippen molar-refractivity contribution >= 4 is 33.3 Å². The molecule has 7 nitrogen and oxygen atoms in total. The van der Waals surface area contributed by atoms with Crippen LogP contribution in [-0.2, 0) is 0 Å². The third-order valence-corrected chi connectivity index (χ3v) is 5.87. The van der Waals surface area contributed by atoms with E-state index < -0.39 is 0 Å². The number of carbonyl (C=O) groups is 1. The van der Waals surface area contributed by atoms with Crippen molar-refractivity contribution in [2.75, 3.05) is 25.5 Å². The van der Waals surface area contributed by atoms with Gasteiger partial charge in [-0.3, -0.25) is 4.79 Å². The van der Waals surface area contributed by atoms with Crippen LogP contribution in [0.3, 0.4) is 0 Å². The number of anilines is 1. The second-order valence-corrected chi connectivity index (χ2v) is 8.45. The van der Waals surface area contributed by atoms with E-state index in [4.69, 9.17) is 0 Å². The standard InChI is InChI=1S/C24H24BrN5O2/c1-16-8-3-4-9-17(16)24(32)29(2)13-7-12-26-22-14-20(18-10-5-6-11-21(18)31)28-23-19(25)15-27-30(22)23/h3-6,8-11,14-15,26,31H,7,12-13H2,1-2H3. The molecule has 2 aromatic carbocycles. The van der Waals surface area contributed by atoms with Gasteiger partial charge in [-0.1, -0.05) is 30.3 Å². The molecule has 0 aliphatic heterocycles. The van der Waals surface area contributed by atoms with Crippen molar-refractivity contribution in [2.24, 2.45) is 0 Å². The summed E-state index contributed by atoms with van der Waals surface area (Å²) in [5.41, 5.74) is 3.65. The minimum atomic E-state index is 0.0206. The number of phenolic OH excluding ortho intramolecular Hbond substituents is 1. The minimum absolute atomic E-state index is 0.0206. The predicted molar refractivity (Wildman–Crippen MR) is 129 cm³/mol. The van der Waals surface area contributed by atoms with Crippen molar-refractivity contribution in [3.63, 3.8) is 0 Å². The molecule has 2 N–H and O–H groups in total. The molecular weight excluding hydrogens is 470 g/mol. The summed E-state index contributed by atoms with van der Waals surface area (Å²) in [5.74, 6) is 0.946. The highest BCUT2D eigenvalue weighted by atomic mass is 79.9. The first-order valence-corrected chi connectivity index (χ1v) is 11.1. The smallest absolute Gasteiger partial charge is 0.253 e. The molecule has 0 fully saturated rings. The van der Waals surface area contributed by atoms with E-state index in [0.29, 0.717) is 30.0 Å². The number of para-hydroxylation sites is 1. The Balaban J connectivity index is 1.47. The number of rotatable bonds is 7. The van der Waals surface area contributed by atoms with E-state index in [1.165, 1.54) is 0 Å². The van der Waals surface area contributed by atoms with Crippen LogP contribution < -0.4 is 5.32 Å². The van der Waals surface area contributed by atoms with Gasteiger partial charge in [0.1, 0.15) is 11.6 Å². The summed E-state index contributed by atoms with van der Waals surface area (Å²) in [6, 6.07) is 16.6. The van der Waals surface area contributed by atoms with Gasteiger partial charge in [-0.15, -0.1) is 0 Å². The highest BCUT2D eigenvalue weighted by Gasteiger charge is 2.15.